The van der Waals surface area contributed by atoms with Gasteiger partial charge in [0.25, 0.3) is 5.91 Å². The van der Waals surface area contributed by atoms with Gasteiger partial charge in [-0.1, -0.05) is 19.2 Å². The Morgan fingerprint density at radius 3 is 2.71 bits per heavy atom. The molecule has 0 bridgehead atoms. The summed E-state index contributed by atoms with van der Waals surface area (Å²) in [4.78, 5) is 21.2. The standard InChI is InChI=1S/C18H20N4O2/c1-3-10-22(11-4-2)14-17(23)21-15-6-5-7-16(12-15)24-18-13-19-8-9-20-18/h3-9,12-13H,1-2,10-11,14H2,(H,21,23)/p+1. The molecule has 1 heterocycles. The molecule has 6 nitrogen and oxygen atoms in total. The first-order valence-electron chi connectivity index (χ1n) is 7.60. The molecule has 0 aliphatic rings. The number of hydrogen-bond acceptors (Lipinski definition) is 4. The number of rotatable bonds is 9. The van der Waals surface area contributed by atoms with Crippen LogP contribution in [0, 0.1) is 0 Å². The monoisotopic (exact) mass is 325 g/mol. The van der Waals surface area contributed by atoms with Crippen LogP contribution >= 0.6 is 0 Å². The maximum Gasteiger partial charge on any atom is 0.279 e. The molecule has 0 radical (unpaired) electrons. The molecule has 0 saturated carbocycles. The number of ether oxygens (including phenoxy) is 1. The molecule has 0 saturated heterocycles. The molecular formula is C18H21N4O2+. The van der Waals surface area contributed by atoms with Gasteiger partial charge >= 0.3 is 0 Å². The van der Waals surface area contributed by atoms with Crippen LogP contribution in [0.15, 0.2) is 68.2 Å². The molecule has 0 spiro atoms. The van der Waals surface area contributed by atoms with Crippen LogP contribution < -0.4 is 15.0 Å². The molecule has 124 valence electrons. The first-order chi connectivity index (χ1) is 11.7. The van der Waals surface area contributed by atoms with E-state index >= 15 is 0 Å². The SMILES string of the molecule is C=CC[NH+](CC=C)CC(=O)Nc1cccc(Oc2cnccn2)c1. The highest BCUT2D eigenvalue weighted by molar-refractivity contribution is 5.91. The molecule has 0 unspecified atom stereocenters. The Morgan fingerprint density at radius 2 is 2.04 bits per heavy atom. The summed E-state index contributed by atoms with van der Waals surface area (Å²) in [6.45, 7) is 9.17. The Morgan fingerprint density at radius 1 is 1.25 bits per heavy atom. The molecule has 0 fully saturated rings. The highest BCUT2D eigenvalue weighted by Gasteiger charge is 2.12. The van der Waals surface area contributed by atoms with Crippen molar-refractivity contribution in [1.29, 1.82) is 0 Å². The third-order valence-electron chi connectivity index (χ3n) is 3.16. The van der Waals surface area contributed by atoms with E-state index in [1.54, 1.807) is 42.7 Å². The summed E-state index contributed by atoms with van der Waals surface area (Å²) in [5.41, 5.74) is 0.665. The van der Waals surface area contributed by atoms with Gasteiger partial charge in [-0.25, -0.2) is 4.98 Å². The Balaban J connectivity index is 1.97. The molecule has 1 aromatic heterocycles. The minimum absolute atomic E-state index is 0.0784. The Hall–Kier alpha value is -2.99. The van der Waals surface area contributed by atoms with Crippen LogP contribution in [0.2, 0.25) is 0 Å². The molecule has 2 rings (SSSR count). The molecule has 0 aliphatic heterocycles. The zero-order chi connectivity index (χ0) is 17.2. The first-order valence-corrected chi connectivity index (χ1v) is 7.60. The van der Waals surface area contributed by atoms with Gasteiger partial charge in [0, 0.05) is 24.1 Å². The maximum absolute atomic E-state index is 12.2. The number of nitrogens with one attached hydrogen (secondary N) is 2. The normalized spacial score (nSPS) is 10.2. The van der Waals surface area contributed by atoms with E-state index in [-0.39, 0.29) is 5.91 Å². The Kier molecular flexibility index (Phi) is 6.67. The van der Waals surface area contributed by atoms with Crippen molar-refractivity contribution in [3.05, 3.63) is 68.2 Å². The number of hydrogen-bond donors (Lipinski definition) is 2. The average molecular weight is 325 g/mol. The highest BCUT2D eigenvalue weighted by Crippen LogP contribution is 2.21. The van der Waals surface area contributed by atoms with Gasteiger partial charge in [-0.2, -0.15) is 0 Å². The minimum Gasteiger partial charge on any atom is -0.437 e. The molecule has 1 aromatic carbocycles. The Labute approximate surface area is 141 Å². The van der Waals surface area contributed by atoms with Gasteiger partial charge in [0.1, 0.15) is 5.75 Å². The molecule has 2 N–H and O–H groups in total. The highest BCUT2D eigenvalue weighted by atomic mass is 16.5. The topological polar surface area (TPSA) is 68.5 Å². The predicted octanol–water partition coefficient (Wildman–Crippen LogP) is 1.46. The average Bonchev–Trinajstić information content (AvgIpc) is 2.56. The fourth-order valence-corrected chi connectivity index (χ4v) is 2.16. The van der Waals surface area contributed by atoms with Crippen molar-refractivity contribution in [3.63, 3.8) is 0 Å². The lowest BCUT2D eigenvalue weighted by Crippen LogP contribution is -3.12. The third kappa shape index (κ3) is 5.66. The number of benzene rings is 1. The molecule has 0 atom stereocenters. The van der Waals surface area contributed by atoms with Gasteiger partial charge in [0.05, 0.1) is 19.3 Å². The molecular weight excluding hydrogens is 304 g/mol. The van der Waals surface area contributed by atoms with Gasteiger partial charge in [0.15, 0.2) is 6.54 Å². The fraction of sp³-hybridized carbons (Fsp3) is 0.167. The van der Waals surface area contributed by atoms with E-state index in [9.17, 15) is 4.79 Å². The van der Waals surface area contributed by atoms with Gasteiger partial charge in [-0.3, -0.25) is 9.78 Å². The van der Waals surface area contributed by atoms with E-state index in [0.29, 0.717) is 37.0 Å². The number of aromatic nitrogens is 2. The number of amides is 1. The number of carbonyl (C=O) groups is 1. The van der Waals surface area contributed by atoms with Crippen LogP contribution in [-0.2, 0) is 4.79 Å². The lowest BCUT2D eigenvalue weighted by atomic mass is 10.3. The van der Waals surface area contributed by atoms with Crippen molar-refractivity contribution in [1.82, 2.24) is 9.97 Å². The van der Waals surface area contributed by atoms with Crippen LogP contribution in [0.3, 0.4) is 0 Å². The van der Waals surface area contributed by atoms with Crippen LogP contribution in [0.4, 0.5) is 5.69 Å². The van der Waals surface area contributed by atoms with Crippen molar-refractivity contribution < 1.29 is 14.4 Å². The maximum atomic E-state index is 12.2. The molecule has 24 heavy (non-hydrogen) atoms. The van der Waals surface area contributed by atoms with E-state index in [2.05, 4.69) is 28.4 Å². The molecule has 2 aromatic rings. The number of nitrogens with zero attached hydrogens (tertiary/aromatic N) is 2. The van der Waals surface area contributed by atoms with Crippen molar-refractivity contribution in [2.45, 2.75) is 0 Å². The molecule has 6 heteroatoms. The van der Waals surface area contributed by atoms with E-state index in [1.165, 1.54) is 6.20 Å². The van der Waals surface area contributed by atoms with Crippen LogP contribution in [-0.4, -0.2) is 35.5 Å². The summed E-state index contributed by atoms with van der Waals surface area (Å²) in [5, 5.41) is 2.87. The first kappa shape index (κ1) is 17.4. The van der Waals surface area contributed by atoms with Crippen molar-refractivity contribution >= 4 is 11.6 Å². The van der Waals surface area contributed by atoms with E-state index < -0.39 is 0 Å². The van der Waals surface area contributed by atoms with Crippen LogP contribution in [0.25, 0.3) is 0 Å². The summed E-state index contributed by atoms with van der Waals surface area (Å²) >= 11 is 0. The summed E-state index contributed by atoms with van der Waals surface area (Å²) < 4.78 is 5.60. The van der Waals surface area contributed by atoms with Crippen LogP contribution in [0.1, 0.15) is 0 Å². The zero-order valence-corrected chi connectivity index (χ0v) is 13.4. The van der Waals surface area contributed by atoms with Crippen molar-refractivity contribution in [2.75, 3.05) is 25.0 Å². The number of anilines is 1. The largest absolute Gasteiger partial charge is 0.437 e. The number of quaternary nitrogens is 1. The summed E-state index contributed by atoms with van der Waals surface area (Å²) in [7, 11) is 0. The van der Waals surface area contributed by atoms with Crippen molar-refractivity contribution in [2.24, 2.45) is 0 Å². The predicted molar refractivity (Wildman–Crippen MR) is 93.1 cm³/mol. The smallest absolute Gasteiger partial charge is 0.279 e. The van der Waals surface area contributed by atoms with Gasteiger partial charge in [-0.15, -0.1) is 0 Å². The minimum atomic E-state index is -0.0784. The lowest BCUT2D eigenvalue weighted by Gasteiger charge is -2.15. The second-order valence-corrected chi connectivity index (χ2v) is 5.13. The third-order valence-corrected chi connectivity index (χ3v) is 3.16. The van der Waals surface area contributed by atoms with E-state index in [0.717, 1.165) is 4.90 Å². The lowest BCUT2D eigenvalue weighted by molar-refractivity contribution is -0.879. The summed E-state index contributed by atoms with van der Waals surface area (Å²) in [6.07, 6.45) is 8.24. The Bertz CT molecular complexity index is 678. The van der Waals surface area contributed by atoms with Crippen molar-refractivity contribution in [3.8, 4) is 11.6 Å². The van der Waals surface area contributed by atoms with E-state index in [1.807, 2.05) is 6.07 Å². The van der Waals surface area contributed by atoms with Crippen LogP contribution in [0.5, 0.6) is 11.6 Å². The quantitative estimate of drug-likeness (QED) is 0.685. The van der Waals surface area contributed by atoms with Gasteiger partial charge < -0.3 is 15.0 Å². The summed E-state index contributed by atoms with van der Waals surface area (Å²) in [6, 6.07) is 7.14. The summed E-state index contributed by atoms with van der Waals surface area (Å²) in [5.74, 6) is 0.897. The van der Waals surface area contributed by atoms with Gasteiger partial charge in [0.2, 0.25) is 5.88 Å². The van der Waals surface area contributed by atoms with Gasteiger partial charge in [-0.05, 0) is 24.3 Å². The second-order valence-electron chi connectivity index (χ2n) is 5.13. The van der Waals surface area contributed by atoms with E-state index in [4.69, 9.17) is 4.74 Å². The molecule has 0 aliphatic carbocycles. The fourth-order valence-electron chi connectivity index (χ4n) is 2.16. The zero-order valence-electron chi connectivity index (χ0n) is 13.4. The number of carbonyl (C=O) groups excluding carboxylic acids is 1. The second kappa shape index (κ2) is 9.22. The molecule has 1 amide bonds.